The highest BCUT2D eigenvalue weighted by Crippen LogP contribution is 2.14. The summed E-state index contributed by atoms with van der Waals surface area (Å²) >= 11 is 2.15. The van der Waals surface area contributed by atoms with Gasteiger partial charge in [-0.05, 0) is 41.1 Å². The van der Waals surface area contributed by atoms with Gasteiger partial charge in [-0.3, -0.25) is 4.79 Å². The Kier molecular flexibility index (Phi) is 3.08. The molecule has 64 valence electrons. The lowest BCUT2D eigenvalue weighted by Crippen LogP contribution is -2.02. The third-order valence-corrected chi connectivity index (χ3v) is 2.60. The number of carboxylic acid groups (broad SMARTS) is 1. The molecule has 0 bridgehead atoms. The highest BCUT2D eigenvalue weighted by Gasteiger charge is 2.04. The van der Waals surface area contributed by atoms with Gasteiger partial charge in [-0.1, -0.05) is 17.7 Å². The predicted octanol–water partition coefficient (Wildman–Crippen LogP) is 2.23. The zero-order valence-corrected chi connectivity index (χ0v) is 8.83. The first-order valence-corrected chi connectivity index (χ1v) is 4.64. The van der Waals surface area contributed by atoms with E-state index in [9.17, 15) is 4.79 Å². The lowest BCUT2D eigenvalue weighted by molar-refractivity contribution is -0.136. The molecule has 1 aromatic carbocycles. The van der Waals surface area contributed by atoms with Crippen molar-refractivity contribution < 1.29 is 9.90 Å². The van der Waals surface area contributed by atoms with Crippen LogP contribution in [0, 0.1) is 10.5 Å². The van der Waals surface area contributed by atoms with Crippen molar-refractivity contribution >= 4 is 28.6 Å². The van der Waals surface area contributed by atoms with Crippen LogP contribution in [0.15, 0.2) is 18.2 Å². The minimum absolute atomic E-state index is 0.111. The minimum atomic E-state index is -0.779. The average Bonchev–Trinajstić information content (AvgIpc) is 1.96. The molecule has 0 aromatic heterocycles. The first-order chi connectivity index (χ1) is 5.59. The van der Waals surface area contributed by atoms with Gasteiger partial charge < -0.3 is 5.11 Å². The van der Waals surface area contributed by atoms with Crippen LogP contribution in [-0.4, -0.2) is 11.1 Å². The second kappa shape index (κ2) is 3.89. The fourth-order valence-corrected chi connectivity index (χ4v) is 1.53. The summed E-state index contributed by atoms with van der Waals surface area (Å²) in [4.78, 5) is 10.4. The van der Waals surface area contributed by atoms with Crippen LogP contribution in [0.1, 0.15) is 11.1 Å². The van der Waals surface area contributed by atoms with Crippen LogP contribution in [0.2, 0.25) is 0 Å². The maximum Gasteiger partial charge on any atom is 0.307 e. The van der Waals surface area contributed by atoms with Gasteiger partial charge in [-0.15, -0.1) is 0 Å². The van der Waals surface area contributed by atoms with Crippen LogP contribution in [0.4, 0.5) is 0 Å². The number of hydrogen-bond donors (Lipinski definition) is 1. The summed E-state index contributed by atoms with van der Waals surface area (Å²) in [5, 5.41) is 8.58. The fourth-order valence-electron chi connectivity index (χ4n) is 1.00. The molecule has 0 spiro atoms. The molecule has 0 aliphatic rings. The van der Waals surface area contributed by atoms with Gasteiger partial charge >= 0.3 is 5.97 Å². The molecule has 0 amide bonds. The molecule has 0 saturated heterocycles. The molecule has 2 nitrogen and oxygen atoms in total. The Bertz CT molecular complexity index is 307. The largest absolute Gasteiger partial charge is 0.481 e. The van der Waals surface area contributed by atoms with Crippen molar-refractivity contribution in [1.82, 2.24) is 0 Å². The topological polar surface area (TPSA) is 37.3 Å². The Labute approximate surface area is 84.7 Å². The smallest absolute Gasteiger partial charge is 0.307 e. The van der Waals surface area contributed by atoms with Gasteiger partial charge in [0.1, 0.15) is 0 Å². The number of benzene rings is 1. The molecule has 3 heteroatoms. The Morgan fingerprint density at radius 2 is 2.25 bits per heavy atom. The van der Waals surface area contributed by atoms with Crippen molar-refractivity contribution in [3.63, 3.8) is 0 Å². The number of rotatable bonds is 2. The molecule has 1 N–H and O–H groups in total. The van der Waals surface area contributed by atoms with E-state index in [-0.39, 0.29) is 6.42 Å². The van der Waals surface area contributed by atoms with Crippen LogP contribution in [0.3, 0.4) is 0 Å². The summed E-state index contributed by atoms with van der Waals surface area (Å²) in [6, 6.07) is 5.83. The molecule has 0 aliphatic heterocycles. The molecule has 0 saturated carbocycles. The molecular formula is C9H9IO2. The monoisotopic (exact) mass is 276 g/mol. The first kappa shape index (κ1) is 9.51. The van der Waals surface area contributed by atoms with Gasteiger partial charge in [0, 0.05) is 3.57 Å². The van der Waals surface area contributed by atoms with Crippen molar-refractivity contribution in [2.45, 2.75) is 13.3 Å². The van der Waals surface area contributed by atoms with E-state index in [0.29, 0.717) is 0 Å². The van der Waals surface area contributed by atoms with Crippen LogP contribution in [0.5, 0.6) is 0 Å². The summed E-state index contributed by atoms with van der Waals surface area (Å²) in [5.41, 5.74) is 2.00. The second-order valence-corrected chi connectivity index (χ2v) is 3.83. The molecule has 0 unspecified atom stereocenters. The standard InChI is InChI=1S/C9H9IO2/c1-6-2-3-8(10)7(4-6)5-9(11)12/h2-4H,5H2,1H3,(H,11,12). The van der Waals surface area contributed by atoms with E-state index in [4.69, 9.17) is 5.11 Å². The Balaban J connectivity index is 2.97. The number of hydrogen-bond acceptors (Lipinski definition) is 1. The molecule has 1 aromatic rings. The molecule has 12 heavy (non-hydrogen) atoms. The zero-order valence-electron chi connectivity index (χ0n) is 6.67. The normalized spacial score (nSPS) is 9.83. The van der Waals surface area contributed by atoms with Crippen LogP contribution in [-0.2, 0) is 11.2 Å². The van der Waals surface area contributed by atoms with Crippen molar-refractivity contribution in [2.75, 3.05) is 0 Å². The quantitative estimate of drug-likeness (QED) is 0.841. The first-order valence-electron chi connectivity index (χ1n) is 3.56. The van der Waals surface area contributed by atoms with Gasteiger partial charge in [-0.25, -0.2) is 0 Å². The Morgan fingerprint density at radius 3 is 2.83 bits per heavy atom. The van der Waals surface area contributed by atoms with E-state index in [1.165, 1.54) is 0 Å². The third-order valence-electron chi connectivity index (χ3n) is 1.54. The summed E-state index contributed by atoms with van der Waals surface area (Å²) in [7, 11) is 0. The molecule has 0 fully saturated rings. The zero-order chi connectivity index (χ0) is 9.14. The van der Waals surface area contributed by atoms with Crippen molar-refractivity contribution in [3.8, 4) is 0 Å². The average molecular weight is 276 g/mol. The summed E-state index contributed by atoms with van der Waals surface area (Å²) < 4.78 is 1.01. The van der Waals surface area contributed by atoms with Crippen LogP contribution < -0.4 is 0 Å². The minimum Gasteiger partial charge on any atom is -0.481 e. The fraction of sp³-hybridized carbons (Fsp3) is 0.222. The van der Waals surface area contributed by atoms with E-state index in [2.05, 4.69) is 22.6 Å². The molecule has 0 heterocycles. The Hall–Kier alpha value is -0.580. The lowest BCUT2D eigenvalue weighted by atomic mass is 10.1. The highest BCUT2D eigenvalue weighted by atomic mass is 127. The van der Waals surface area contributed by atoms with Crippen molar-refractivity contribution in [2.24, 2.45) is 0 Å². The number of aliphatic carboxylic acids is 1. The number of halogens is 1. The molecule has 0 atom stereocenters. The highest BCUT2D eigenvalue weighted by molar-refractivity contribution is 14.1. The molecule has 0 radical (unpaired) electrons. The van der Waals surface area contributed by atoms with E-state index >= 15 is 0 Å². The van der Waals surface area contributed by atoms with Gasteiger partial charge in [0.2, 0.25) is 0 Å². The van der Waals surface area contributed by atoms with E-state index < -0.39 is 5.97 Å². The molecular weight excluding hydrogens is 267 g/mol. The molecule has 1 rings (SSSR count). The maximum atomic E-state index is 10.4. The van der Waals surface area contributed by atoms with E-state index in [0.717, 1.165) is 14.7 Å². The van der Waals surface area contributed by atoms with Gasteiger partial charge in [0.05, 0.1) is 6.42 Å². The van der Waals surface area contributed by atoms with E-state index in [1.807, 2.05) is 25.1 Å². The van der Waals surface area contributed by atoms with Crippen LogP contribution >= 0.6 is 22.6 Å². The lowest BCUT2D eigenvalue weighted by Gasteiger charge is -2.01. The van der Waals surface area contributed by atoms with Gasteiger partial charge in [-0.2, -0.15) is 0 Å². The number of aryl methyl sites for hydroxylation is 1. The van der Waals surface area contributed by atoms with Crippen molar-refractivity contribution in [1.29, 1.82) is 0 Å². The van der Waals surface area contributed by atoms with Crippen LogP contribution in [0.25, 0.3) is 0 Å². The van der Waals surface area contributed by atoms with Gasteiger partial charge in [0.15, 0.2) is 0 Å². The number of carboxylic acids is 1. The summed E-state index contributed by atoms with van der Waals surface area (Å²) in [6.45, 7) is 1.96. The van der Waals surface area contributed by atoms with Crippen molar-refractivity contribution in [3.05, 3.63) is 32.9 Å². The summed E-state index contributed by atoms with van der Waals surface area (Å²) in [6.07, 6.45) is 0.111. The molecule has 0 aliphatic carbocycles. The Morgan fingerprint density at radius 1 is 1.58 bits per heavy atom. The third kappa shape index (κ3) is 2.48. The van der Waals surface area contributed by atoms with Gasteiger partial charge in [0.25, 0.3) is 0 Å². The number of carbonyl (C=O) groups is 1. The summed E-state index contributed by atoms with van der Waals surface area (Å²) in [5.74, 6) is -0.779. The van der Waals surface area contributed by atoms with E-state index in [1.54, 1.807) is 0 Å². The second-order valence-electron chi connectivity index (χ2n) is 2.67. The SMILES string of the molecule is Cc1ccc(I)c(CC(=O)O)c1. The predicted molar refractivity (Wildman–Crippen MR) is 55.2 cm³/mol. The maximum absolute atomic E-state index is 10.4.